The van der Waals surface area contributed by atoms with Crippen LogP contribution in [0.25, 0.3) is 0 Å². The lowest BCUT2D eigenvalue weighted by Gasteiger charge is -2.15. The number of aryl methyl sites for hydroxylation is 1. The highest BCUT2D eigenvalue weighted by Gasteiger charge is 2.22. The number of aliphatic imine (C=N–C) groups is 1. The highest BCUT2D eigenvalue weighted by atomic mass is 35.5. The Kier molecular flexibility index (Phi) is 9.03. The van der Waals surface area contributed by atoms with Crippen LogP contribution in [0, 0.1) is 12.8 Å². The molecule has 0 spiro atoms. The van der Waals surface area contributed by atoms with Gasteiger partial charge in [0.1, 0.15) is 5.75 Å². The normalized spacial score (nSPS) is 11.9. The van der Waals surface area contributed by atoms with Crippen molar-refractivity contribution in [2.75, 3.05) is 0 Å². The minimum Gasteiger partial charge on any atom is -0.508 e. The molecule has 0 amide bonds. The first-order valence-corrected chi connectivity index (χ1v) is 11.8. The Hall–Kier alpha value is -4.17. The van der Waals surface area contributed by atoms with Gasteiger partial charge in [-0.15, -0.1) is 0 Å². The number of phenolic OH excluding ortho intramolecular Hbond substituents is 1. The lowest BCUT2D eigenvalue weighted by atomic mass is 10.1. The number of hydrogen-bond donors (Lipinski definition) is 2. The minimum absolute atomic E-state index is 0.0446. The van der Waals surface area contributed by atoms with Crippen molar-refractivity contribution in [1.29, 1.82) is 0 Å². The molecule has 0 aliphatic carbocycles. The lowest BCUT2D eigenvalue weighted by Crippen LogP contribution is -2.21. The van der Waals surface area contributed by atoms with Crippen LogP contribution in [-0.4, -0.2) is 40.4 Å². The van der Waals surface area contributed by atoms with Crippen molar-refractivity contribution in [3.8, 4) is 17.2 Å². The van der Waals surface area contributed by atoms with Crippen molar-refractivity contribution in [2.24, 2.45) is 10.9 Å². The first kappa shape index (κ1) is 27.4. The summed E-state index contributed by atoms with van der Waals surface area (Å²) in [5.41, 5.74) is 1.95. The van der Waals surface area contributed by atoms with E-state index >= 15 is 0 Å². The zero-order valence-corrected chi connectivity index (χ0v) is 21.2. The number of carboxylic acid groups (broad SMARTS) is 1. The van der Waals surface area contributed by atoms with Gasteiger partial charge in [0.05, 0.1) is 11.5 Å². The number of hydrogen-bond acceptors (Lipinski definition) is 7. The van der Waals surface area contributed by atoms with Crippen LogP contribution in [-0.2, 0) is 16.0 Å². The van der Waals surface area contributed by atoms with E-state index in [1.165, 1.54) is 30.5 Å². The van der Waals surface area contributed by atoms with E-state index in [0.29, 0.717) is 5.56 Å². The average Bonchev–Trinajstić information content (AvgIpc) is 2.84. The van der Waals surface area contributed by atoms with E-state index in [9.17, 15) is 24.6 Å². The van der Waals surface area contributed by atoms with Crippen LogP contribution in [0.4, 0.5) is 0 Å². The molecule has 0 aliphatic rings. The maximum atomic E-state index is 12.8. The number of carboxylic acids is 1. The van der Waals surface area contributed by atoms with Gasteiger partial charge >= 0.3 is 17.9 Å². The minimum atomic E-state index is -1.18. The quantitative estimate of drug-likeness (QED) is 0.223. The fourth-order valence-corrected chi connectivity index (χ4v) is 3.46. The third kappa shape index (κ3) is 7.65. The average molecular weight is 524 g/mol. The van der Waals surface area contributed by atoms with Gasteiger partial charge < -0.3 is 19.7 Å². The number of rotatable bonds is 9. The van der Waals surface area contributed by atoms with Gasteiger partial charge in [-0.2, -0.15) is 0 Å². The largest absolute Gasteiger partial charge is 0.508 e. The Labute approximate surface area is 219 Å². The number of benzene rings is 3. The molecule has 0 saturated heterocycles. The summed E-state index contributed by atoms with van der Waals surface area (Å²) < 4.78 is 11.1. The molecule has 8 nitrogen and oxygen atoms in total. The van der Waals surface area contributed by atoms with Gasteiger partial charge in [0.25, 0.3) is 0 Å². The SMILES string of the molecule is Cc1cccc(C(=O)Oc2cc(Cl)cc(C=NC(Cc3ccc(O)cc3)C(=O)O)c2OC(=O)C(C)C)c1. The summed E-state index contributed by atoms with van der Waals surface area (Å²) in [6.07, 6.45) is 1.26. The van der Waals surface area contributed by atoms with Crippen LogP contribution in [0.15, 0.2) is 65.7 Å². The van der Waals surface area contributed by atoms with Crippen molar-refractivity contribution >= 4 is 35.7 Å². The molecule has 0 radical (unpaired) electrons. The highest BCUT2D eigenvalue weighted by Crippen LogP contribution is 2.35. The molecule has 0 heterocycles. The van der Waals surface area contributed by atoms with E-state index in [2.05, 4.69) is 4.99 Å². The third-order valence-electron chi connectivity index (χ3n) is 5.22. The Morgan fingerprint density at radius 2 is 1.73 bits per heavy atom. The molecule has 37 heavy (non-hydrogen) atoms. The predicted octanol–water partition coefficient (Wildman–Crippen LogP) is 5.25. The van der Waals surface area contributed by atoms with E-state index in [1.54, 1.807) is 44.2 Å². The fraction of sp³-hybridized carbons (Fsp3) is 0.214. The van der Waals surface area contributed by atoms with Crippen LogP contribution >= 0.6 is 11.6 Å². The van der Waals surface area contributed by atoms with Gasteiger partial charge in [0.15, 0.2) is 17.5 Å². The maximum Gasteiger partial charge on any atom is 0.343 e. The summed E-state index contributed by atoms with van der Waals surface area (Å²) in [5.74, 6) is -3.13. The Bertz CT molecular complexity index is 1330. The first-order chi connectivity index (χ1) is 17.5. The zero-order chi connectivity index (χ0) is 27.1. The standard InChI is InChI=1S/C28H26ClNO7/c1-16(2)27(34)37-25-20(15-30-23(26(32)33)12-18-7-9-22(31)10-8-18)13-21(29)14-24(25)36-28(35)19-6-4-5-17(3)11-19/h4-11,13-16,23,31H,12H2,1-3H3,(H,32,33). The molecule has 0 aromatic heterocycles. The van der Waals surface area contributed by atoms with Crippen molar-refractivity contribution < 1.29 is 34.1 Å². The van der Waals surface area contributed by atoms with E-state index in [-0.39, 0.29) is 39.8 Å². The Balaban J connectivity index is 1.99. The van der Waals surface area contributed by atoms with Crippen molar-refractivity contribution in [1.82, 2.24) is 0 Å². The van der Waals surface area contributed by atoms with Gasteiger partial charge in [0.2, 0.25) is 0 Å². The second kappa shape index (κ2) is 12.2. The van der Waals surface area contributed by atoms with Crippen LogP contribution in [0.3, 0.4) is 0 Å². The summed E-state index contributed by atoms with van der Waals surface area (Å²) >= 11 is 6.26. The van der Waals surface area contributed by atoms with Crippen LogP contribution in [0.5, 0.6) is 17.2 Å². The summed E-state index contributed by atoms with van der Waals surface area (Å²) in [6.45, 7) is 5.11. The molecular weight excluding hydrogens is 498 g/mol. The molecule has 3 aromatic rings. The molecule has 192 valence electrons. The molecule has 0 bridgehead atoms. The topological polar surface area (TPSA) is 122 Å². The molecule has 0 aliphatic heterocycles. The number of carbonyl (C=O) groups excluding carboxylic acids is 2. The van der Waals surface area contributed by atoms with Gasteiger partial charge in [0, 0.05) is 29.3 Å². The first-order valence-electron chi connectivity index (χ1n) is 11.4. The Morgan fingerprint density at radius 1 is 1.03 bits per heavy atom. The monoisotopic (exact) mass is 523 g/mol. The number of ether oxygens (including phenoxy) is 2. The fourth-order valence-electron chi connectivity index (χ4n) is 3.25. The second-order valence-electron chi connectivity index (χ2n) is 8.66. The van der Waals surface area contributed by atoms with Gasteiger partial charge in [-0.25, -0.2) is 9.59 Å². The van der Waals surface area contributed by atoms with Gasteiger partial charge in [-0.1, -0.05) is 55.3 Å². The molecule has 0 fully saturated rings. The smallest absolute Gasteiger partial charge is 0.343 e. The van der Waals surface area contributed by atoms with E-state index in [4.69, 9.17) is 21.1 Å². The molecule has 0 saturated carbocycles. The third-order valence-corrected chi connectivity index (χ3v) is 5.44. The summed E-state index contributed by atoms with van der Waals surface area (Å²) in [4.78, 5) is 41.3. The second-order valence-corrected chi connectivity index (χ2v) is 9.10. The van der Waals surface area contributed by atoms with Crippen molar-refractivity contribution in [3.05, 3.63) is 87.9 Å². The molecule has 1 unspecified atom stereocenters. The Morgan fingerprint density at radius 3 is 2.35 bits per heavy atom. The van der Waals surface area contributed by atoms with Crippen LogP contribution in [0.1, 0.15) is 40.9 Å². The predicted molar refractivity (Wildman–Crippen MR) is 139 cm³/mol. The van der Waals surface area contributed by atoms with Crippen LogP contribution in [0.2, 0.25) is 5.02 Å². The van der Waals surface area contributed by atoms with Crippen LogP contribution < -0.4 is 9.47 Å². The zero-order valence-electron chi connectivity index (χ0n) is 20.5. The highest BCUT2D eigenvalue weighted by molar-refractivity contribution is 6.31. The molecule has 3 rings (SSSR count). The van der Waals surface area contributed by atoms with Gasteiger partial charge in [-0.3, -0.25) is 9.79 Å². The number of esters is 2. The van der Waals surface area contributed by atoms with Gasteiger partial charge in [-0.05, 0) is 42.8 Å². The summed E-state index contributed by atoms with van der Waals surface area (Å²) in [7, 11) is 0. The number of nitrogens with zero attached hydrogens (tertiary/aromatic N) is 1. The van der Waals surface area contributed by atoms with E-state index < -0.39 is 29.9 Å². The summed E-state index contributed by atoms with van der Waals surface area (Å²) in [6, 6.07) is 14.4. The number of carbonyl (C=O) groups is 3. The lowest BCUT2D eigenvalue weighted by molar-refractivity contribution is -0.139. The number of aromatic hydroxyl groups is 1. The summed E-state index contributed by atoms with van der Waals surface area (Å²) in [5, 5.41) is 19.3. The number of phenols is 1. The molecular formula is C28H26ClNO7. The number of halogens is 1. The van der Waals surface area contributed by atoms with E-state index in [0.717, 1.165) is 5.56 Å². The molecule has 3 aromatic carbocycles. The van der Waals surface area contributed by atoms with Crippen molar-refractivity contribution in [2.45, 2.75) is 33.2 Å². The molecule has 1 atom stereocenters. The maximum absolute atomic E-state index is 12.8. The van der Waals surface area contributed by atoms with E-state index in [1.807, 2.05) is 13.0 Å². The molecule has 9 heteroatoms. The van der Waals surface area contributed by atoms with Crippen molar-refractivity contribution in [3.63, 3.8) is 0 Å². The molecule has 2 N–H and O–H groups in total. The number of aliphatic carboxylic acids is 1.